The molecule has 0 aliphatic rings. The fraction of sp³-hybridized carbons (Fsp3) is 0.0625. The number of nitriles is 1. The average Bonchev–Trinajstić information content (AvgIpc) is 3.05. The predicted octanol–water partition coefficient (Wildman–Crippen LogP) is 3.28. The Labute approximate surface area is 121 Å². The van der Waals surface area contributed by atoms with Crippen molar-refractivity contribution in [2.75, 3.05) is 7.11 Å². The molecular formula is C16H11N3O2. The van der Waals surface area contributed by atoms with Gasteiger partial charge < -0.3 is 9.15 Å². The lowest BCUT2D eigenvalue weighted by Crippen LogP contribution is -1.87. The van der Waals surface area contributed by atoms with Crippen LogP contribution < -0.4 is 4.74 Å². The zero-order valence-corrected chi connectivity index (χ0v) is 11.3. The Morgan fingerprint density at radius 3 is 2.81 bits per heavy atom. The number of nitrogens with zero attached hydrogens (tertiary/aromatic N) is 3. The number of ether oxygens (including phenoxy) is 1. The number of pyridine rings is 1. The number of aromatic nitrogens is 2. The molecule has 3 aromatic rings. The van der Waals surface area contributed by atoms with Gasteiger partial charge in [-0.25, -0.2) is 4.98 Å². The van der Waals surface area contributed by atoms with Gasteiger partial charge in [0.2, 0.25) is 5.89 Å². The molecule has 1 aromatic carbocycles. The quantitative estimate of drug-likeness (QED) is 0.734. The molecule has 0 fully saturated rings. The van der Waals surface area contributed by atoms with Crippen LogP contribution in [-0.4, -0.2) is 17.1 Å². The van der Waals surface area contributed by atoms with Crippen molar-refractivity contribution in [1.82, 2.24) is 9.97 Å². The standard InChI is InChI=1S/C16H11N3O2/c1-20-13-7-11(9-17)6-12(8-13)16-19-15(10-21-16)14-4-2-3-5-18-14/h2-8,10H,1H3. The fourth-order valence-corrected chi connectivity index (χ4v) is 1.94. The van der Waals surface area contributed by atoms with E-state index in [1.807, 2.05) is 18.2 Å². The van der Waals surface area contributed by atoms with Crippen LogP contribution in [-0.2, 0) is 0 Å². The molecule has 21 heavy (non-hydrogen) atoms. The Kier molecular flexibility index (Phi) is 3.36. The molecule has 0 unspecified atom stereocenters. The molecular weight excluding hydrogens is 266 g/mol. The van der Waals surface area contributed by atoms with Crippen LogP contribution in [0.4, 0.5) is 0 Å². The van der Waals surface area contributed by atoms with E-state index in [4.69, 9.17) is 14.4 Å². The van der Waals surface area contributed by atoms with Crippen LogP contribution in [0.15, 0.2) is 53.3 Å². The fourth-order valence-electron chi connectivity index (χ4n) is 1.94. The first-order valence-corrected chi connectivity index (χ1v) is 6.26. The summed E-state index contributed by atoms with van der Waals surface area (Å²) in [6.45, 7) is 0. The Morgan fingerprint density at radius 1 is 1.19 bits per heavy atom. The van der Waals surface area contributed by atoms with Gasteiger partial charge in [-0.3, -0.25) is 4.98 Å². The van der Waals surface area contributed by atoms with Gasteiger partial charge in [-0.1, -0.05) is 6.07 Å². The highest BCUT2D eigenvalue weighted by Crippen LogP contribution is 2.27. The van der Waals surface area contributed by atoms with Crippen LogP contribution in [0.3, 0.4) is 0 Å². The number of hydrogen-bond donors (Lipinski definition) is 0. The summed E-state index contributed by atoms with van der Waals surface area (Å²) in [5, 5.41) is 9.05. The summed E-state index contributed by atoms with van der Waals surface area (Å²) < 4.78 is 10.7. The van der Waals surface area contributed by atoms with Gasteiger partial charge in [0.25, 0.3) is 0 Å². The Bertz CT molecular complexity index is 804. The van der Waals surface area contributed by atoms with E-state index >= 15 is 0 Å². The van der Waals surface area contributed by atoms with Gasteiger partial charge in [0.1, 0.15) is 17.7 Å². The molecule has 0 spiro atoms. The van der Waals surface area contributed by atoms with Gasteiger partial charge in [-0.2, -0.15) is 5.26 Å². The van der Waals surface area contributed by atoms with Gasteiger partial charge in [-0.15, -0.1) is 0 Å². The maximum atomic E-state index is 9.05. The van der Waals surface area contributed by atoms with E-state index in [1.54, 1.807) is 37.8 Å². The number of hydrogen-bond acceptors (Lipinski definition) is 5. The van der Waals surface area contributed by atoms with Crippen molar-refractivity contribution in [2.24, 2.45) is 0 Å². The third-order valence-electron chi connectivity index (χ3n) is 2.95. The molecule has 0 amide bonds. The number of oxazole rings is 1. The van der Waals surface area contributed by atoms with E-state index in [1.165, 1.54) is 0 Å². The van der Waals surface area contributed by atoms with Crippen molar-refractivity contribution in [3.63, 3.8) is 0 Å². The van der Waals surface area contributed by atoms with Crippen LogP contribution in [0.5, 0.6) is 5.75 Å². The highest BCUT2D eigenvalue weighted by atomic mass is 16.5. The summed E-state index contributed by atoms with van der Waals surface area (Å²) in [5.41, 5.74) is 2.55. The first kappa shape index (κ1) is 12.9. The molecule has 5 heteroatoms. The lowest BCUT2D eigenvalue weighted by atomic mass is 10.1. The van der Waals surface area contributed by atoms with Crippen molar-refractivity contribution in [3.8, 4) is 34.7 Å². The van der Waals surface area contributed by atoms with E-state index in [2.05, 4.69) is 16.0 Å². The molecule has 0 radical (unpaired) electrons. The second kappa shape index (κ2) is 5.47. The Hall–Kier alpha value is -3.13. The molecule has 0 aliphatic carbocycles. The van der Waals surface area contributed by atoms with E-state index in [9.17, 15) is 0 Å². The van der Waals surface area contributed by atoms with Gasteiger partial charge in [0.15, 0.2) is 0 Å². The second-order valence-corrected chi connectivity index (χ2v) is 4.31. The SMILES string of the molecule is COc1cc(C#N)cc(-c2nc(-c3ccccn3)co2)c1. The van der Waals surface area contributed by atoms with Crippen LogP contribution in [0, 0.1) is 11.3 Å². The van der Waals surface area contributed by atoms with Gasteiger partial charge in [0, 0.05) is 11.8 Å². The summed E-state index contributed by atoms with van der Waals surface area (Å²) in [7, 11) is 1.55. The highest BCUT2D eigenvalue weighted by molar-refractivity contribution is 5.63. The molecule has 5 nitrogen and oxygen atoms in total. The van der Waals surface area contributed by atoms with Crippen LogP contribution in [0.2, 0.25) is 0 Å². The predicted molar refractivity (Wildman–Crippen MR) is 76.4 cm³/mol. The molecule has 0 atom stereocenters. The minimum absolute atomic E-state index is 0.422. The lowest BCUT2D eigenvalue weighted by molar-refractivity contribution is 0.414. The largest absolute Gasteiger partial charge is 0.497 e. The summed E-state index contributed by atoms with van der Waals surface area (Å²) in [5.74, 6) is 1.01. The third kappa shape index (κ3) is 2.60. The van der Waals surface area contributed by atoms with E-state index in [0.717, 1.165) is 5.69 Å². The normalized spacial score (nSPS) is 10.1. The van der Waals surface area contributed by atoms with Crippen LogP contribution in [0.1, 0.15) is 5.56 Å². The zero-order valence-electron chi connectivity index (χ0n) is 11.3. The maximum absolute atomic E-state index is 9.05. The van der Waals surface area contributed by atoms with E-state index < -0.39 is 0 Å². The summed E-state index contributed by atoms with van der Waals surface area (Å²) >= 11 is 0. The summed E-state index contributed by atoms with van der Waals surface area (Å²) in [6, 6.07) is 12.8. The number of benzene rings is 1. The Morgan fingerprint density at radius 2 is 2.10 bits per heavy atom. The number of rotatable bonds is 3. The molecule has 0 saturated carbocycles. The maximum Gasteiger partial charge on any atom is 0.226 e. The van der Waals surface area contributed by atoms with E-state index in [-0.39, 0.29) is 0 Å². The highest BCUT2D eigenvalue weighted by Gasteiger charge is 2.11. The van der Waals surface area contributed by atoms with Gasteiger partial charge in [-0.05, 0) is 30.3 Å². The summed E-state index contributed by atoms with van der Waals surface area (Å²) in [6.07, 6.45) is 3.24. The zero-order chi connectivity index (χ0) is 14.7. The molecule has 0 aliphatic heterocycles. The van der Waals surface area contributed by atoms with Gasteiger partial charge in [0.05, 0.1) is 24.4 Å². The average molecular weight is 277 g/mol. The molecule has 0 saturated heterocycles. The van der Waals surface area contributed by atoms with Crippen LogP contribution in [0.25, 0.3) is 22.8 Å². The Balaban J connectivity index is 2.02. The van der Waals surface area contributed by atoms with Crippen molar-refractivity contribution < 1.29 is 9.15 Å². The first-order valence-electron chi connectivity index (χ1n) is 6.26. The third-order valence-corrected chi connectivity index (χ3v) is 2.95. The molecule has 0 bridgehead atoms. The minimum Gasteiger partial charge on any atom is -0.497 e. The number of methoxy groups -OCH3 is 1. The molecule has 102 valence electrons. The van der Waals surface area contributed by atoms with Crippen molar-refractivity contribution in [1.29, 1.82) is 5.26 Å². The van der Waals surface area contributed by atoms with Crippen molar-refractivity contribution >= 4 is 0 Å². The monoisotopic (exact) mass is 277 g/mol. The second-order valence-electron chi connectivity index (χ2n) is 4.31. The molecule has 2 aromatic heterocycles. The lowest BCUT2D eigenvalue weighted by Gasteiger charge is -2.02. The molecule has 2 heterocycles. The topological polar surface area (TPSA) is 71.9 Å². The van der Waals surface area contributed by atoms with Crippen molar-refractivity contribution in [2.45, 2.75) is 0 Å². The van der Waals surface area contributed by atoms with E-state index in [0.29, 0.717) is 28.5 Å². The van der Waals surface area contributed by atoms with Crippen molar-refractivity contribution in [3.05, 3.63) is 54.4 Å². The molecule has 3 rings (SSSR count). The smallest absolute Gasteiger partial charge is 0.226 e. The minimum atomic E-state index is 0.422. The molecule has 0 N–H and O–H groups in total. The summed E-state index contributed by atoms with van der Waals surface area (Å²) in [4.78, 5) is 8.63. The first-order chi connectivity index (χ1) is 10.3. The van der Waals surface area contributed by atoms with Crippen LogP contribution >= 0.6 is 0 Å². The van der Waals surface area contributed by atoms with Gasteiger partial charge >= 0.3 is 0 Å².